The molecule has 0 rings (SSSR count). The van der Waals surface area contributed by atoms with E-state index in [1.807, 2.05) is 13.8 Å². The molecule has 0 heterocycles. The Labute approximate surface area is 131 Å². The second kappa shape index (κ2) is 10.4. The van der Waals surface area contributed by atoms with Gasteiger partial charge in [-0.2, -0.15) is 12.6 Å². The lowest BCUT2D eigenvalue weighted by molar-refractivity contribution is -0.131. The monoisotopic (exact) mass is 316 g/mol. The lowest BCUT2D eigenvalue weighted by Crippen LogP contribution is -2.37. The molecule has 0 aliphatic carbocycles. The fourth-order valence-electron chi connectivity index (χ4n) is 1.53. The van der Waals surface area contributed by atoms with E-state index in [1.54, 1.807) is 7.05 Å². The standard InChI is InChI=1S/C14H24N2O4S/c1-10(2)11(18)4-7-15-13(19)5-8-16(3)14(20)12(21)6-9-17/h9-10,12,21H,4-8H2,1-3H3,(H,15,19). The molecule has 2 amide bonds. The third-order valence-electron chi connectivity index (χ3n) is 2.99. The van der Waals surface area contributed by atoms with Crippen molar-refractivity contribution in [1.82, 2.24) is 10.2 Å². The zero-order valence-corrected chi connectivity index (χ0v) is 13.7. The van der Waals surface area contributed by atoms with Crippen LogP contribution in [0.25, 0.3) is 0 Å². The first kappa shape index (κ1) is 19.6. The number of aldehydes is 1. The van der Waals surface area contributed by atoms with E-state index in [2.05, 4.69) is 17.9 Å². The second-order valence-corrected chi connectivity index (χ2v) is 5.77. The van der Waals surface area contributed by atoms with Gasteiger partial charge in [0.25, 0.3) is 0 Å². The smallest absolute Gasteiger partial charge is 0.235 e. The average Bonchev–Trinajstić information content (AvgIpc) is 2.43. The number of amides is 2. The molecule has 6 nitrogen and oxygen atoms in total. The third-order valence-corrected chi connectivity index (χ3v) is 3.42. The third kappa shape index (κ3) is 8.49. The largest absolute Gasteiger partial charge is 0.356 e. The van der Waals surface area contributed by atoms with Crippen molar-refractivity contribution in [2.75, 3.05) is 20.1 Å². The van der Waals surface area contributed by atoms with Crippen LogP contribution in [0, 0.1) is 5.92 Å². The minimum Gasteiger partial charge on any atom is -0.356 e. The van der Waals surface area contributed by atoms with Gasteiger partial charge in [0.15, 0.2) is 0 Å². The Morgan fingerprint density at radius 2 is 1.86 bits per heavy atom. The van der Waals surface area contributed by atoms with Crippen LogP contribution in [-0.2, 0) is 19.2 Å². The molecule has 1 atom stereocenters. The topological polar surface area (TPSA) is 83.6 Å². The molecule has 0 aromatic rings. The maximum absolute atomic E-state index is 11.7. The zero-order chi connectivity index (χ0) is 16.4. The van der Waals surface area contributed by atoms with Crippen LogP contribution in [0.2, 0.25) is 0 Å². The van der Waals surface area contributed by atoms with Gasteiger partial charge in [0.2, 0.25) is 11.8 Å². The molecule has 1 unspecified atom stereocenters. The first-order valence-corrected chi connectivity index (χ1v) is 7.47. The van der Waals surface area contributed by atoms with Crippen LogP contribution in [0.15, 0.2) is 0 Å². The van der Waals surface area contributed by atoms with E-state index in [-0.39, 0.29) is 42.9 Å². The summed E-state index contributed by atoms with van der Waals surface area (Å²) in [5, 5.41) is 1.98. The van der Waals surface area contributed by atoms with Gasteiger partial charge in [-0.3, -0.25) is 14.4 Å². The van der Waals surface area contributed by atoms with Crippen LogP contribution >= 0.6 is 12.6 Å². The van der Waals surface area contributed by atoms with Gasteiger partial charge < -0.3 is 15.0 Å². The number of thiol groups is 1. The normalized spacial score (nSPS) is 11.9. The summed E-state index contributed by atoms with van der Waals surface area (Å²) in [6, 6.07) is 0. The Balaban J connectivity index is 3.94. The van der Waals surface area contributed by atoms with Gasteiger partial charge in [-0.25, -0.2) is 0 Å². The molecule has 120 valence electrons. The van der Waals surface area contributed by atoms with E-state index in [4.69, 9.17) is 0 Å². The van der Waals surface area contributed by atoms with Gasteiger partial charge in [0, 0.05) is 45.3 Å². The molecule has 0 spiro atoms. The lowest BCUT2D eigenvalue weighted by Gasteiger charge is -2.19. The fraction of sp³-hybridized carbons (Fsp3) is 0.714. The van der Waals surface area contributed by atoms with Crippen molar-refractivity contribution in [2.24, 2.45) is 5.92 Å². The number of carbonyl (C=O) groups excluding carboxylic acids is 4. The van der Waals surface area contributed by atoms with Crippen LogP contribution in [0.3, 0.4) is 0 Å². The molecule has 0 aliphatic heterocycles. The molecule has 0 aromatic carbocycles. The van der Waals surface area contributed by atoms with Crippen molar-refractivity contribution in [2.45, 2.75) is 38.4 Å². The molecular formula is C14H24N2O4S. The number of Topliss-reactive ketones (excluding diaryl/α,β-unsaturated/α-hetero) is 1. The Bertz CT molecular complexity index is 385. The van der Waals surface area contributed by atoms with E-state index in [0.29, 0.717) is 19.3 Å². The number of hydrogen-bond donors (Lipinski definition) is 2. The van der Waals surface area contributed by atoms with Crippen LogP contribution in [0.4, 0.5) is 0 Å². The minimum absolute atomic E-state index is 0.0317. The quantitative estimate of drug-likeness (QED) is 0.453. The highest BCUT2D eigenvalue weighted by Crippen LogP contribution is 2.04. The first-order valence-electron chi connectivity index (χ1n) is 6.95. The molecule has 21 heavy (non-hydrogen) atoms. The average molecular weight is 316 g/mol. The number of carbonyl (C=O) groups is 4. The van der Waals surface area contributed by atoms with E-state index in [9.17, 15) is 19.2 Å². The highest BCUT2D eigenvalue weighted by Gasteiger charge is 2.18. The van der Waals surface area contributed by atoms with E-state index in [1.165, 1.54) is 4.90 Å². The van der Waals surface area contributed by atoms with Gasteiger partial charge in [-0.15, -0.1) is 0 Å². The summed E-state index contributed by atoms with van der Waals surface area (Å²) in [6.07, 6.45) is 1.16. The van der Waals surface area contributed by atoms with E-state index >= 15 is 0 Å². The highest BCUT2D eigenvalue weighted by molar-refractivity contribution is 7.81. The van der Waals surface area contributed by atoms with Crippen molar-refractivity contribution >= 4 is 36.5 Å². The first-order chi connectivity index (χ1) is 9.79. The van der Waals surface area contributed by atoms with Crippen LogP contribution in [0.1, 0.15) is 33.1 Å². The molecule has 0 saturated heterocycles. The molecule has 0 saturated carbocycles. The molecule has 7 heteroatoms. The SMILES string of the molecule is CC(C)C(=O)CCNC(=O)CCN(C)C(=O)C(S)CC=O. The molecule has 0 aliphatic rings. The van der Waals surface area contributed by atoms with Crippen molar-refractivity contribution in [3.63, 3.8) is 0 Å². The summed E-state index contributed by atoms with van der Waals surface area (Å²) < 4.78 is 0. The molecule has 0 bridgehead atoms. The molecule has 0 aromatic heterocycles. The van der Waals surface area contributed by atoms with Gasteiger partial charge in [0.05, 0.1) is 5.25 Å². The Hall–Kier alpha value is -1.37. The maximum Gasteiger partial charge on any atom is 0.235 e. The summed E-state index contributed by atoms with van der Waals surface area (Å²) in [6.45, 7) is 4.20. The van der Waals surface area contributed by atoms with Crippen LogP contribution in [-0.4, -0.2) is 54.2 Å². The van der Waals surface area contributed by atoms with E-state index in [0.717, 1.165) is 0 Å². The lowest BCUT2D eigenvalue weighted by atomic mass is 10.1. The number of nitrogens with one attached hydrogen (secondary N) is 1. The summed E-state index contributed by atoms with van der Waals surface area (Å²) in [5.74, 6) is -0.421. The van der Waals surface area contributed by atoms with Crippen molar-refractivity contribution in [3.05, 3.63) is 0 Å². The molecule has 1 N–H and O–H groups in total. The summed E-state index contributed by atoms with van der Waals surface area (Å²) in [5.41, 5.74) is 0. The van der Waals surface area contributed by atoms with Crippen LogP contribution in [0.5, 0.6) is 0 Å². The van der Waals surface area contributed by atoms with Crippen LogP contribution < -0.4 is 5.32 Å². The van der Waals surface area contributed by atoms with E-state index < -0.39 is 5.25 Å². The highest BCUT2D eigenvalue weighted by atomic mass is 32.1. The van der Waals surface area contributed by atoms with Crippen molar-refractivity contribution in [1.29, 1.82) is 0 Å². The number of nitrogens with zero attached hydrogens (tertiary/aromatic N) is 1. The van der Waals surface area contributed by atoms with Crippen molar-refractivity contribution in [3.8, 4) is 0 Å². The predicted molar refractivity (Wildman–Crippen MR) is 83.2 cm³/mol. The zero-order valence-electron chi connectivity index (χ0n) is 12.8. The summed E-state index contributed by atoms with van der Waals surface area (Å²) >= 11 is 4.03. The number of rotatable bonds is 10. The molecule has 0 fully saturated rings. The summed E-state index contributed by atoms with van der Waals surface area (Å²) in [4.78, 5) is 46.4. The number of ketones is 1. The number of hydrogen-bond acceptors (Lipinski definition) is 5. The second-order valence-electron chi connectivity index (χ2n) is 5.15. The van der Waals surface area contributed by atoms with Gasteiger partial charge in [-0.05, 0) is 0 Å². The Morgan fingerprint density at radius 3 is 2.38 bits per heavy atom. The molecular weight excluding hydrogens is 292 g/mol. The van der Waals surface area contributed by atoms with Gasteiger partial charge >= 0.3 is 0 Å². The van der Waals surface area contributed by atoms with Gasteiger partial charge in [-0.1, -0.05) is 13.8 Å². The van der Waals surface area contributed by atoms with Gasteiger partial charge in [0.1, 0.15) is 12.1 Å². The Morgan fingerprint density at radius 1 is 1.24 bits per heavy atom. The fourth-order valence-corrected chi connectivity index (χ4v) is 1.81. The predicted octanol–water partition coefficient (Wildman–Crippen LogP) is 0.454. The summed E-state index contributed by atoms with van der Waals surface area (Å²) in [7, 11) is 1.56. The van der Waals surface area contributed by atoms with Crippen molar-refractivity contribution < 1.29 is 19.2 Å². The minimum atomic E-state index is -0.667. The maximum atomic E-state index is 11.7. The molecule has 0 radical (unpaired) electrons. The Kier molecular flexibility index (Phi) is 9.69.